The van der Waals surface area contributed by atoms with Crippen LogP contribution in [-0.4, -0.2) is 54.6 Å². The van der Waals surface area contributed by atoms with Crippen LogP contribution < -0.4 is 0 Å². The van der Waals surface area contributed by atoms with E-state index in [2.05, 4.69) is 25.3 Å². The molecular weight excluding hydrogens is 298 g/mol. The van der Waals surface area contributed by atoms with E-state index in [9.17, 15) is 9.90 Å². The Morgan fingerprint density at radius 1 is 1.43 bits per heavy atom. The predicted molar refractivity (Wildman–Crippen MR) is 80.8 cm³/mol. The van der Waals surface area contributed by atoms with Crippen molar-refractivity contribution >= 4 is 5.97 Å². The molecule has 0 aliphatic carbocycles. The highest BCUT2D eigenvalue weighted by Gasteiger charge is 2.36. The van der Waals surface area contributed by atoms with Gasteiger partial charge in [-0.15, -0.1) is 0 Å². The zero-order valence-corrected chi connectivity index (χ0v) is 12.8. The molecule has 8 heteroatoms. The molecule has 0 aromatic carbocycles. The molecular formula is C15H19N5O3. The second kappa shape index (κ2) is 6.33. The highest BCUT2D eigenvalue weighted by molar-refractivity contribution is 5.67. The number of aliphatic carboxylic acids is 1. The Bertz CT molecular complexity index is 688. The van der Waals surface area contributed by atoms with Crippen molar-refractivity contribution in [3.63, 3.8) is 0 Å². The molecule has 3 N–H and O–H groups in total. The number of aromatic amines is 1. The number of nitrogens with zero attached hydrogens (tertiary/aromatic N) is 4. The molecule has 0 saturated carbocycles. The van der Waals surface area contributed by atoms with Gasteiger partial charge in [-0.05, 0) is 25.0 Å². The van der Waals surface area contributed by atoms with Crippen molar-refractivity contribution in [2.24, 2.45) is 5.92 Å². The van der Waals surface area contributed by atoms with Crippen LogP contribution in [0.2, 0.25) is 0 Å². The summed E-state index contributed by atoms with van der Waals surface area (Å²) in [7, 11) is 0. The van der Waals surface area contributed by atoms with Crippen LogP contribution >= 0.6 is 0 Å². The maximum Gasteiger partial charge on any atom is 0.303 e. The monoisotopic (exact) mass is 317 g/mol. The number of carboxylic acids is 1. The maximum atomic E-state index is 11.1. The lowest BCUT2D eigenvalue weighted by Gasteiger charge is -2.16. The third kappa shape index (κ3) is 3.48. The molecule has 0 bridgehead atoms. The van der Waals surface area contributed by atoms with E-state index in [1.165, 1.54) is 0 Å². The topological polar surface area (TPSA) is 115 Å². The van der Waals surface area contributed by atoms with Crippen LogP contribution in [0.25, 0.3) is 0 Å². The summed E-state index contributed by atoms with van der Waals surface area (Å²) in [5.74, 6) is -0.682. The summed E-state index contributed by atoms with van der Waals surface area (Å²) < 4.78 is 0. The van der Waals surface area contributed by atoms with E-state index in [-0.39, 0.29) is 24.0 Å². The highest BCUT2D eigenvalue weighted by atomic mass is 16.4. The normalized spacial score (nSPS) is 21.6. The molecule has 1 aliphatic rings. The van der Waals surface area contributed by atoms with Crippen LogP contribution in [0.1, 0.15) is 29.4 Å². The molecule has 2 unspecified atom stereocenters. The Labute approximate surface area is 133 Å². The number of likely N-dealkylation sites (tertiary alicyclic amines) is 1. The Morgan fingerprint density at radius 3 is 2.96 bits per heavy atom. The zero-order chi connectivity index (χ0) is 16.4. The standard InChI is InChI=1S/C15H19N5O3/c1-9-2-3-14(21)13(17-9)8-20-6-10(4-15(22)23)11(7-20)12-5-16-19-18-12/h2-3,5,10-11,21H,4,6-8H2,1H3,(H,22,23)(H,16,18,19). The van der Waals surface area contributed by atoms with Gasteiger partial charge in [-0.3, -0.25) is 14.7 Å². The average molecular weight is 317 g/mol. The van der Waals surface area contributed by atoms with Crippen molar-refractivity contribution in [1.82, 2.24) is 25.3 Å². The Kier molecular flexibility index (Phi) is 4.24. The van der Waals surface area contributed by atoms with Gasteiger partial charge in [0.1, 0.15) is 5.75 Å². The van der Waals surface area contributed by atoms with Crippen molar-refractivity contribution in [1.29, 1.82) is 0 Å². The summed E-state index contributed by atoms with van der Waals surface area (Å²) in [6, 6.07) is 3.39. The molecule has 2 aromatic heterocycles. The minimum absolute atomic E-state index is 0.0109. The fourth-order valence-electron chi connectivity index (χ4n) is 3.18. The van der Waals surface area contributed by atoms with Gasteiger partial charge in [0.05, 0.1) is 24.0 Å². The summed E-state index contributed by atoms with van der Waals surface area (Å²) in [5, 5.41) is 29.6. The predicted octanol–water partition coefficient (Wildman–Crippen LogP) is 0.904. The van der Waals surface area contributed by atoms with Gasteiger partial charge in [0.25, 0.3) is 0 Å². The highest BCUT2D eigenvalue weighted by Crippen LogP contribution is 2.34. The first-order valence-corrected chi connectivity index (χ1v) is 7.48. The number of aromatic hydroxyl groups is 1. The number of aromatic nitrogens is 4. The number of hydrogen-bond acceptors (Lipinski definition) is 6. The number of carbonyl (C=O) groups is 1. The third-order valence-electron chi connectivity index (χ3n) is 4.23. The summed E-state index contributed by atoms with van der Waals surface area (Å²) >= 11 is 0. The van der Waals surface area contributed by atoms with Crippen LogP contribution in [0.4, 0.5) is 0 Å². The fourth-order valence-corrected chi connectivity index (χ4v) is 3.18. The van der Waals surface area contributed by atoms with E-state index in [0.717, 1.165) is 11.4 Å². The zero-order valence-electron chi connectivity index (χ0n) is 12.8. The number of pyridine rings is 1. The average Bonchev–Trinajstić information content (AvgIpc) is 3.12. The quantitative estimate of drug-likeness (QED) is 0.750. The van der Waals surface area contributed by atoms with Gasteiger partial charge < -0.3 is 10.2 Å². The number of hydrogen-bond donors (Lipinski definition) is 3. The summed E-state index contributed by atoms with van der Waals surface area (Å²) in [6.07, 6.45) is 1.73. The van der Waals surface area contributed by atoms with Gasteiger partial charge in [0.15, 0.2) is 0 Å². The van der Waals surface area contributed by atoms with E-state index in [1.54, 1.807) is 18.3 Å². The Balaban J connectivity index is 1.76. The van der Waals surface area contributed by atoms with Crippen LogP contribution in [0.3, 0.4) is 0 Å². The van der Waals surface area contributed by atoms with E-state index < -0.39 is 5.97 Å². The second-order valence-corrected chi connectivity index (χ2v) is 5.97. The molecule has 1 fully saturated rings. The molecule has 0 spiro atoms. The Hall–Kier alpha value is -2.48. The number of aryl methyl sites for hydroxylation is 1. The summed E-state index contributed by atoms with van der Waals surface area (Å²) in [6.45, 7) is 3.65. The molecule has 23 heavy (non-hydrogen) atoms. The van der Waals surface area contributed by atoms with Gasteiger partial charge in [0.2, 0.25) is 0 Å². The van der Waals surface area contributed by atoms with Crippen molar-refractivity contribution in [2.75, 3.05) is 13.1 Å². The van der Waals surface area contributed by atoms with Gasteiger partial charge in [-0.25, -0.2) is 0 Å². The SMILES string of the molecule is Cc1ccc(O)c(CN2CC(CC(=O)O)C(c3cn[nH]n3)C2)n1. The van der Waals surface area contributed by atoms with E-state index in [4.69, 9.17) is 5.11 Å². The van der Waals surface area contributed by atoms with E-state index in [0.29, 0.717) is 25.3 Å². The van der Waals surface area contributed by atoms with Crippen LogP contribution in [0.5, 0.6) is 5.75 Å². The van der Waals surface area contributed by atoms with Gasteiger partial charge in [-0.2, -0.15) is 15.4 Å². The Morgan fingerprint density at radius 2 is 2.26 bits per heavy atom. The second-order valence-electron chi connectivity index (χ2n) is 5.97. The van der Waals surface area contributed by atoms with Crippen LogP contribution in [0, 0.1) is 12.8 Å². The fraction of sp³-hybridized carbons (Fsp3) is 0.467. The minimum atomic E-state index is -0.818. The molecule has 1 aliphatic heterocycles. The first-order chi connectivity index (χ1) is 11.0. The number of H-pyrrole nitrogens is 1. The lowest BCUT2D eigenvalue weighted by atomic mass is 9.91. The summed E-state index contributed by atoms with van der Waals surface area (Å²) in [4.78, 5) is 17.6. The van der Waals surface area contributed by atoms with Crippen LogP contribution in [-0.2, 0) is 11.3 Å². The van der Waals surface area contributed by atoms with E-state index in [1.807, 2.05) is 6.92 Å². The lowest BCUT2D eigenvalue weighted by Crippen LogP contribution is -2.21. The molecule has 0 amide bonds. The van der Waals surface area contributed by atoms with Crippen molar-refractivity contribution in [3.05, 3.63) is 35.4 Å². The largest absolute Gasteiger partial charge is 0.506 e. The van der Waals surface area contributed by atoms with E-state index >= 15 is 0 Å². The van der Waals surface area contributed by atoms with Crippen molar-refractivity contribution < 1.29 is 15.0 Å². The van der Waals surface area contributed by atoms with Gasteiger partial charge in [-0.1, -0.05) is 0 Å². The molecule has 3 heterocycles. The first-order valence-electron chi connectivity index (χ1n) is 7.48. The lowest BCUT2D eigenvalue weighted by molar-refractivity contribution is -0.138. The smallest absolute Gasteiger partial charge is 0.303 e. The molecule has 122 valence electrons. The van der Waals surface area contributed by atoms with Crippen molar-refractivity contribution in [2.45, 2.75) is 25.8 Å². The molecule has 2 aromatic rings. The minimum Gasteiger partial charge on any atom is -0.506 e. The van der Waals surface area contributed by atoms with Gasteiger partial charge >= 0.3 is 5.97 Å². The van der Waals surface area contributed by atoms with Crippen LogP contribution in [0.15, 0.2) is 18.3 Å². The first kappa shape index (κ1) is 15.4. The molecule has 3 rings (SSSR count). The third-order valence-corrected chi connectivity index (χ3v) is 4.23. The number of carboxylic acid groups (broad SMARTS) is 1. The van der Waals surface area contributed by atoms with Gasteiger partial charge in [0, 0.05) is 31.2 Å². The number of nitrogens with one attached hydrogen (secondary N) is 1. The molecule has 0 radical (unpaired) electrons. The van der Waals surface area contributed by atoms with Crippen molar-refractivity contribution in [3.8, 4) is 5.75 Å². The maximum absolute atomic E-state index is 11.1. The number of rotatable bonds is 5. The summed E-state index contributed by atoms with van der Waals surface area (Å²) in [5.41, 5.74) is 2.23. The molecule has 8 nitrogen and oxygen atoms in total. The molecule has 1 saturated heterocycles. The molecule has 2 atom stereocenters.